The Morgan fingerprint density at radius 2 is 2.00 bits per heavy atom. The Kier molecular flexibility index (Phi) is 3.26. The highest BCUT2D eigenvalue weighted by atomic mass is 16.3. The van der Waals surface area contributed by atoms with Gasteiger partial charge in [-0.3, -0.25) is 4.79 Å². The summed E-state index contributed by atoms with van der Waals surface area (Å²) in [5.41, 5.74) is 0.725. The van der Waals surface area contributed by atoms with Gasteiger partial charge in [-0.1, -0.05) is 13.0 Å². The second-order valence-corrected chi connectivity index (χ2v) is 8.14. The zero-order valence-corrected chi connectivity index (χ0v) is 13.2. The van der Waals surface area contributed by atoms with Gasteiger partial charge in [-0.15, -0.1) is 0 Å². The van der Waals surface area contributed by atoms with E-state index in [-0.39, 0.29) is 23.2 Å². The van der Waals surface area contributed by atoms with Crippen LogP contribution in [0.5, 0.6) is 0 Å². The van der Waals surface area contributed by atoms with Crippen LogP contribution in [0.4, 0.5) is 0 Å². The normalized spacial score (nSPS) is 52.3. The number of hydrogen-bond donors (Lipinski definition) is 2. The lowest BCUT2D eigenvalue weighted by Gasteiger charge is -2.54. The summed E-state index contributed by atoms with van der Waals surface area (Å²) in [5.74, 6) is 2.52. The van der Waals surface area contributed by atoms with E-state index in [9.17, 15) is 15.0 Å². The van der Waals surface area contributed by atoms with Crippen LogP contribution in [0, 0.1) is 35.0 Å². The molecule has 0 aromatic carbocycles. The van der Waals surface area contributed by atoms with Gasteiger partial charge >= 0.3 is 0 Å². The minimum atomic E-state index is -0.132. The van der Waals surface area contributed by atoms with Crippen LogP contribution in [0.25, 0.3) is 0 Å². The van der Waals surface area contributed by atoms with Gasteiger partial charge < -0.3 is 10.2 Å². The number of aliphatic hydroxyl groups excluding tert-OH is 2. The second kappa shape index (κ2) is 4.95. The molecule has 0 saturated heterocycles. The maximum atomic E-state index is 12.0. The first-order chi connectivity index (χ1) is 10.6. The molecule has 0 bridgehead atoms. The maximum absolute atomic E-state index is 12.0. The first-order valence-corrected chi connectivity index (χ1v) is 8.81. The van der Waals surface area contributed by atoms with Gasteiger partial charge in [0.25, 0.3) is 0 Å². The lowest BCUT2D eigenvalue weighted by Crippen LogP contribution is -2.49. The number of carbonyl (C=O) groups excluding carboxylic acids is 1. The highest BCUT2D eigenvalue weighted by molar-refractivity contribution is 6.05. The predicted molar refractivity (Wildman–Crippen MR) is 84.1 cm³/mol. The third-order valence-electron chi connectivity index (χ3n) is 7.51. The smallest absolute Gasteiger partial charge is 0.184 e. The van der Waals surface area contributed by atoms with Gasteiger partial charge in [0.15, 0.2) is 5.78 Å². The fraction of sp³-hybridized carbons (Fsp3) is 0.737. The van der Waals surface area contributed by atoms with Crippen molar-refractivity contribution in [3.8, 4) is 0 Å². The van der Waals surface area contributed by atoms with E-state index in [1.165, 1.54) is 0 Å². The molecule has 4 rings (SSSR count). The van der Waals surface area contributed by atoms with Crippen molar-refractivity contribution in [1.82, 2.24) is 0 Å². The molecule has 0 spiro atoms. The molecule has 0 radical (unpaired) electrons. The molecule has 3 saturated carbocycles. The van der Waals surface area contributed by atoms with Gasteiger partial charge in [-0.2, -0.15) is 0 Å². The molecular weight excluding hydrogens is 276 g/mol. The Balaban J connectivity index is 1.65. The van der Waals surface area contributed by atoms with E-state index in [0.29, 0.717) is 29.2 Å². The minimum absolute atomic E-state index is 0.0147. The van der Waals surface area contributed by atoms with E-state index >= 15 is 0 Å². The third kappa shape index (κ3) is 1.81. The molecule has 22 heavy (non-hydrogen) atoms. The Morgan fingerprint density at radius 3 is 2.77 bits per heavy atom. The molecule has 0 aromatic heterocycles. The lowest BCUT2D eigenvalue weighted by atomic mass is 9.51. The van der Waals surface area contributed by atoms with Crippen LogP contribution < -0.4 is 0 Å². The van der Waals surface area contributed by atoms with Gasteiger partial charge in [0.1, 0.15) is 0 Å². The van der Waals surface area contributed by atoms with Crippen molar-refractivity contribution in [3.05, 3.63) is 24.0 Å². The molecule has 4 aliphatic rings. The second-order valence-electron chi connectivity index (χ2n) is 8.14. The Morgan fingerprint density at radius 1 is 1.18 bits per heavy atom. The summed E-state index contributed by atoms with van der Waals surface area (Å²) in [6.45, 7) is 2.29. The summed E-state index contributed by atoms with van der Waals surface area (Å²) < 4.78 is 0. The van der Waals surface area contributed by atoms with Gasteiger partial charge in [-0.05, 0) is 79.6 Å². The van der Waals surface area contributed by atoms with Crippen molar-refractivity contribution in [2.45, 2.75) is 51.6 Å². The molecule has 3 nitrogen and oxygen atoms in total. The Bertz CT molecular complexity index is 549. The predicted octanol–water partition coefficient (Wildman–Crippen LogP) is 3.40. The summed E-state index contributed by atoms with van der Waals surface area (Å²) in [6.07, 6.45) is 11.2. The van der Waals surface area contributed by atoms with Crippen molar-refractivity contribution in [1.29, 1.82) is 0 Å². The van der Waals surface area contributed by atoms with Crippen LogP contribution in [0.2, 0.25) is 0 Å². The summed E-state index contributed by atoms with van der Waals surface area (Å²) in [7, 11) is 0. The molecule has 2 N–H and O–H groups in total. The number of fused-ring (bicyclic) bond motifs is 5. The molecule has 3 fully saturated rings. The quantitative estimate of drug-likeness (QED) is 0.532. The summed E-state index contributed by atoms with van der Waals surface area (Å²) in [6, 6.07) is 0. The standard InChI is InChI=1S/C19H26O3/c1-19-9-8-13-11-4-6-17(21)15(10-20)12(11)2-3-14(13)16(19)5-7-18(19)22/h4,6,10-14,16,18,20,22H,2-3,5,7-9H2,1H3/b15-10-/t11-,12+,13?,14?,16?,18-,19-/m0/s1. The molecular formula is C19H26O3. The number of aliphatic hydroxyl groups is 2. The van der Waals surface area contributed by atoms with Crippen molar-refractivity contribution in [2.75, 3.05) is 0 Å². The number of hydrogen-bond acceptors (Lipinski definition) is 3. The van der Waals surface area contributed by atoms with Gasteiger partial charge in [0.05, 0.1) is 12.4 Å². The van der Waals surface area contributed by atoms with E-state index in [4.69, 9.17) is 0 Å². The van der Waals surface area contributed by atoms with E-state index in [1.807, 2.05) is 0 Å². The Labute approximate surface area is 132 Å². The zero-order valence-electron chi connectivity index (χ0n) is 13.2. The molecule has 0 aliphatic heterocycles. The van der Waals surface area contributed by atoms with Crippen LogP contribution >= 0.6 is 0 Å². The highest BCUT2D eigenvalue weighted by Gasteiger charge is 2.56. The molecule has 0 heterocycles. The maximum Gasteiger partial charge on any atom is 0.184 e. The number of rotatable bonds is 0. The minimum Gasteiger partial charge on any atom is -0.515 e. The molecule has 0 aromatic rings. The van der Waals surface area contributed by atoms with Gasteiger partial charge in [-0.25, -0.2) is 0 Å². The molecule has 7 atom stereocenters. The number of allylic oxidation sites excluding steroid dienone is 3. The largest absolute Gasteiger partial charge is 0.515 e. The number of ketones is 1. The zero-order chi connectivity index (χ0) is 15.5. The summed E-state index contributed by atoms with van der Waals surface area (Å²) in [5, 5.41) is 19.9. The van der Waals surface area contributed by atoms with Crippen molar-refractivity contribution in [2.24, 2.45) is 35.0 Å². The first kappa shape index (κ1) is 14.5. The van der Waals surface area contributed by atoms with Crippen molar-refractivity contribution < 1.29 is 15.0 Å². The molecule has 4 aliphatic carbocycles. The topological polar surface area (TPSA) is 57.5 Å². The first-order valence-electron chi connectivity index (χ1n) is 8.81. The van der Waals surface area contributed by atoms with E-state index < -0.39 is 0 Å². The third-order valence-corrected chi connectivity index (χ3v) is 7.51. The van der Waals surface area contributed by atoms with Gasteiger partial charge in [0.2, 0.25) is 0 Å². The van der Waals surface area contributed by atoms with Crippen LogP contribution in [0.15, 0.2) is 24.0 Å². The summed E-state index contributed by atoms with van der Waals surface area (Å²) >= 11 is 0. The van der Waals surface area contributed by atoms with E-state index in [2.05, 4.69) is 13.0 Å². The Hall–Kier alpha value is -1.09. The molecule has 120 valence electrons. The number of carbonyl (C=O) groups is 1. The van der Waals surface area contributed by atoms with Crippen LogP contribution in [-0.4, -0.2) is 22.1 Å². The van der Waals surface area contributed by atoms with Gasteiger partial charge in [0, 0.05) is 5.57 Å². The highest BCUT2D eigenvalue weighted by Crippen LogP contribution is 2.62. The average molecular weight is 302 g/mol. The van der Waals surface area contributed by atoms with Crippen molar-refractivity contribution in [3.63, 3.8) is 0 Å². The molecule has 3 unspecified atom stereocenters. The van der Waals surface area contributed by atoms with Crippen LogP contribution in [-0.2, 0) is 4.79 Å². The monoisotopic (exact) mass is 302 g/mol. The molecule has 3 heteroatoms. The fourth-order valence-corrected chi connectivity index (χ4v) is 6.32. The fourth-order valence-electron chi connectivity index (χ4n) is 6.32. The lowest BCUT2D eigenvalue weighted by molar-refractivity contribution is -0.113. The average Bonchev–Trinajstić information content (AvgIpc) is 2.82. The summed E-state index contributed by atoms with van der Waals surface area (Å²) in [4.78, 5) is 12.0. The van der Waals surface area contributed by atoms with Crippen molar-refractivity contribution >= 4 is 5.78 Å². The van der Waals surface area contributed by atoms with Crippen LogP contribution in [0.3, 0.4) is 0 Å². The van der Waals surface area contributed by atoms with Crippen LogP contribution in [0.1, 0.15) is 45.4 Å². The molecule has 0 amide bonds. The SMILES string of the molecule is C[C@]12CCC3C(CC[C@H]4/C(=C/O)C(=O)C=C[C@H]34)C1CC[C@@H]2O. The van der Waals surface area contributed by atoms with E-state index in [1.54, 1.807) is 6.08 Å². The van der Waals surface area contributed by atoms with E-state index in [0.717, 1.165) is 44.8 Å².